The Morgan fingerprint density at radius 3 is 2.89 bits per heavy atom. The van der Waals surface area contributed by atoms with Crippen LogP contribution in [0.3, 0.4) is 0 Å². The Labute approximate surface area is 116 Å². The van der Waals surface area contributed by atoms with E-state index in [0.717, 1.165) is 0 Å². The third kappa shape index (κ3) is 3.37. The van der Waals surface area contributed by atoms with Gasteiger partial charge in [-0.05, 0) is 18.6 Å². The molecule has 1 saturated heterocycles. The topological polar surface area (TPSA) is 75.8 Å². The van der Waals surface area contributed by atoms with Crippen LogP contribution < -0.4 is 10.5 Å². The summed E-state index contributed by atoms with van der Waals surface area (Å²) in [4.78, 5) is 13.0. The van der Waals surface area contributed by atoms with E-state index >= 15 is 0 Å². The molecule has 0 amide bonds. The zero-order valence-electron chi connectivity index (χ0n) is 10.5. The average Bonchev–Trinajstić information content (AvgIpc) is 2.75. The number of para-hydroxylation sites is 1. The number of hydrogen-bond acceptors (Lipinski definition) is 4. The Hall–Kier alpha value is -1.30. The van der Waals surface area contributed by atoms with Gasteiger partial charge in [0.25, 0.3) is 0 Å². The van der Waals surface area contributed by atoms with E-state index in [1.807, 2.05) is 17.0 Å². The van der Waals surface area contributed by atoms with E-state index in [0.29, 0.717) is 43.4 Å². The van der Waals surface area contributed by atoms with Crippen molar-refractivity contribution < 1.29 is 14.6 Å². The van der Waals surface area contributed by atoms with E-state index in [2.05, 4.69) is 0 Å². The highest BCUT2D eigenvalue weighted by molar-refractivity contribution is 6.32. The molecule has 3 N–H and O–H groups in total. The van der Waals surface area contributed by atoms with Gasteiger partial charge in [-0.25, -0.2) is 0 Å². The molecule has 0 radical (unpaired) electrons. The number of nitrogens with two attached hydrogens (primary N) is 1. The molecule has 1 aromatic rings. The maximum absolute atomic E-state index is 11.0. The molecule has 0 aromatic heterocycles. The lowest BCUT2D eigenvalue weighted by Crippen LogP contribution is -2.50. The summed E-state index contributed by atoms with van der Waals surface area (Å²) in [6.07, 6.45) is 0.467. The number of halogens is 1. The lowest BCUT2D eigenvalue weighted by molar-refractivity contribution is -0.142. The predicted octanol–water partition coefficient (Wildman–Crippen LogP) is 1.21. The molecule has 2 rings (SSSR count). The maximum Gasteiger partial charge on any atom is 0.325 e. The summed E-state index contributed by atoms with van der Waals surface area (Å²) in [6, 6.07) is 7.26. The molecule has 1 aliphatic heterocycles. The number of likely N-dealkylation sites (tertiary alicyclic amines) is 1. The number of hydrogen-bond donors (Lipinski definition) is 2. The molecule has 1 atom stereocenters. The van der Waals surface area contributed by atoms with Gasteiger partial charge in [0.15, 0.2) is 0 Å². The third-order valence-electron chi connectivity index (χ3n) is 3.31. The molecule has 5 nitrogen and oxygen atoms in total. The van der Waals surface area contributed by atoms with Crippen molar-refractivity contribution in [2.24, 2.45) is 5.73 Å². The summed E-state index contributed by atoms with van der Waals surface area (Å²) in [5.74, 6) is -0.303. The number of carboxylic acid groups (broad SMARTS) is 1. The highest BCUT2D eigenvalue weighted by atomic mass is 35.5. The van der Waals surface area contributed by atoms with E-state index in [-0.39, 0.29) is 0 Å². The number of ether oxygens (including phenoxy) is 1. The second kappa shape index (κ2) is 5.77. The van der Waals surface area contributed by atoms with Gasteiger partial charge in [-0.2, -0.15) is 0 Å². The molecule has 0 bridgehead atoms. The van der Waals surface area contributed by atoms with E-state index < -0.39 is 11.5 Å². The molecular formula is C13H17ClN2O3. The van der Waals surface area contributed by atoms with Crippen LogP contribution in [-0.4, -0.2) is 47.8 Å². The van der Waals surface area contributed by atoms with Crippen molar-refractivity contribution in [1.29, 1.82) is 0 Å². The molecule has 0 aliphatic carbocycles. The Morgan fingerprint density at radius 1 is 1.53 bits per heavy atom. The predicted molar refractivity (Wildman–Crippen MR) is 72.6 cm³/mol. The van der Waals surface area contributed by atoms with Crippen molar-refractivity contribution in [3.05, 3.63) is 29.3 Å². The molecule has 1 aromatic carbocycles. The number of benzene rings is 1. The smallest absolute Gasteiger partial charge is 0.325 e. The van der Waals surface area contributed by atoms with E-state index in [1.165, 1.54) is 0 Å². The first-order valence-corrected chi connectivity index (χ1v) is 6.51. The highest BCUT2D eigenvalue weighted by Gasteiger charge is 2.40. The Kier molecular flexibility index (Phi) is 4.29. The number of aliphatic carboxylic acids is 1. The molecule has 1 unspecified atom stereocenters. The largest absolute Gasteiger partial charge is 0.491 e. The molecule has 19 heavy (non-hydrogen) atoms. The first kappa shape index (κ1) is 14.1. The van der Waals surface area contributed by atoms with Gasteiger partial charge in [-0.15, -0.1) is 0 Å². The number of nitrogens with zero attached hydrogens (tertiary/aromatic N) is 1. The molecule has 1 fully saturated rings. The molecular weight excluding hydrogens is 268 g/mol. The van der Waals surface area contributed by atoms with Crippen LogP contribution in [0.25, 0.3) is 0 Å². The zero-order valence-corrected chi connectivity index (χ0v) is 11.3. The van der Waals surface area contributed by atoms with Gasteiger partial charge < -0.3 is 15.6 Å². The van der Waals surface area contributed by atoms with E-state index in [9.17, 15) is 4.79 Å². The summed E-state index contributed by atoms with van der Waals surface area (Å²) in [6.45, 7) is 2.12. The summed E-state index contributed by atoms with van der Waals surface area (Å²) < 4.78 is 5.57. The maximum atomic E-state index is 11.0. The summed E-state index contributed by atoms with van der Waals surface area (Å²) in [5, 5.41) is 9.60. The van der Waals surface area contributed by atoms with Gasteiger partial charge in [0.1, 0.15) is 17.9 Å². The molecule has 1 heterocycles. The molecule has 0 spiro atoms. The first-order valence-electron chi connectivity index (χ1n) is 6.13. The third-order valence-corrected chi connectivity index (χ3v) is 3.62. The lowest BCUT2D eigenvalue weighted by atomic mass is 10.0. The first-order chi connectivity index (χ1) is 9.01. The van der Waals surface area contributed by atoms with Crippen LogP contribution in [0, 0.1) is 0 Å². The minimum atomic E-state index is -1.12. The van der Waals surface area contributed by atoms with Crippen molar-refractivity contribution in [1.82, 2.24) is 4.90 Å². The zero-order chi connectivity index (χ0) is 13.9. The van der Waals surface area contributed by atoms with Gasteiger partial charge in [0, 0.05) is 19.6 Å². The molecule has 1 aliphatic rings. The van der Waals surface area contributed by atoms with Crippen LogP contribution in [0.4, 0.5) is 0 Å². The van der Waals surface area contributed by atoms with Crippen LogP contribution in [0.5, 0.6) is 5.75 Å². The normalized spacial score (nSPS) is 23.5. The highest BCUT2D eigenvalue weighted by Crippen LogP contribution is 2.23. The van der Waals surface area contributed by atoms with Gasteiger partial charge in [0.05, 0.1) is 5.02 Å². The van der Waals surface area contributed by atoms with Crippen molar-refractivity contribution in [3.8, 4) is 5.75 Å². The molecule has 104 valence electrons. The standard InChI is InChI=1S/C13H17ClN2O3/c14-10-3-1-2-4-11(10)19-8-7-16-6-5-13(15,9-16)12(17)18/h1-4H,5-9,15H2,(H,17,18). The Bertz CT molecular complexity index is 469. The van der Waals surface area contributed by atoms with Crippen LogP contribution >= 0.6 is 11.6 Å². The van der Waals surface area contributed by atoms with Crippen molar-refractivity contribution in [3.63, 3.8) is 0 Å². The summed E-state index contributed by atoms with van der Waals surface area (Å²) in [7, 11) is 0. The number of carboxylic acids is 1. The lowest BCUT2D eigenvalue weighted by Gasteiger charge is -2.20. The molecule has 0 saturated carbocycles. The number of carbonyl (C=O) groups is 1. The van der Waals surface area contributed by atoms with Crippen LogP contribution in [-0.2, 0) is 4.79 Å². The van der Waals surface area contributed by atoms with Crippen LogP contribution in [0.2, 0.25) is 5.02 Å². The second-order valence-electron chi connectivity index (χ2n) is 4.77. The monoisotopic (exact) mass is 284 g/mol. The molecule has 6 heteroatoms. The fraction of sp³-hybridized carbons (Fsp3) is 0.462. The van der Waals surface area contributed by atoms with Crippen molar-refractivity contribution in [2.75, 3.05) is 26.2 Å². The minimum absolute atomic E-state index is 0.355. The minimum Gasteiger partial charge on any atom is -0.491 e. The van der Waals surface area contributed by atoms with Crippen molar-refractivity contribution in [2.45, 2.75) is 12.0 Å². The van der Waals surface area contributed by atoms with Gasteiger partial charge in [0.2, 0.25) is 0 Å². The summed E-state index contributed by atoms with van der Waals surface area (Å²) >= 11 is 5.97. The fourth-order valence-corrected chi connectivity index (χ4v) is 2.32. The van der Waals surface area contributed by atoms with Gasteiger partial charge in [-0.1, -0.05) is 23.7 Å². The Morgan fingerprint density at radius 2 is 2.26 bits per heavy atom. The quantitative estimate of drug-likeness (QED) is 0.850. The second-order valence-corrected chi connectivity index (χ2v) is 5.17. The number of rotatable bonds is 5. The van der Waals surface area contributed by atoms with E-state index in [1.54, 1.807) is 12.1 Å². The fourth-order valence-electron chi connectivity index (χ4n) is 2.13. The van der Waals surface area contributed by atoms with E-state index in [4.69, 9.17) is 27.2 Å². The van der Waals surface area contributed by atoms with Crippen LogP contribution in [0.15, 0.2) is 24.3 Å². The van der Waals surface area contributed by atoms with Gasteiger partial charge >= 0.3 is 5.97 Å². The van der Waals surface area contributed by atoms with Crippen LogP contribution in [0.1, 0.15) is 6.42 Å². The summed E-state index contributed by atoms with van der Waals surface area (Å²) in [5.41, 5.74) is 4.68. The average molecular weight is 285 g/mol. The SMILES string of the molecule is NC1(C(=O)O)CCN(CCOc2ccccc2Cl)C1. The Balaban J connectivity index is 1.79. The van der Waals surface area contributed by atoms with Crippen molar-refractivity contribution >= 4 is 17.6 Å². The van der Waals surface area contributed by atoms with Gasteiger partial charge in [-0.3, -0.25) is 9.69 Å².